The molecule has 12 heavy (non-hydrogen) atoms. The maximum Gasteiger partial charge on any atom is 0.212 e. The van der Waals surface area contributed by atoms with Crippen molar-refractivity contribution in [2.75, 3.05) is 0 Å². The van der Waals surface area contributed by atoms with Crippen LogP contribution in [0.3, 0.4) is 0 Å². The van der Waals surface area contributed by atoms with Gasteiger partial charge in [-0.3, -0.25) is 0 Å². The fraction of sp³-hybridized carbons (Fsp3) is 0.500. The van der Waals surface area contributed by atoms with Crippen LogP contribution < -0.4 is 0 Å². The number of hydrogen-bond donors (Lipinski definition) is 0. The average molecular weight is 165 g/mol. The first-order valence-corrected chi connectivity index (χ1v) is 4.08. The third kappa shape index (κ3) is 1.58. The first-order valence-electron chi connectivity index (χ1n) is 4.08. The average Bonchev–Trinajstić information content (AvgIpc) is 2.30. The van der Waals surface area contributed by atoms with Gasteiger partial charge in [0, 0.05) is 5.57 Å². The molecule has 0 bridgehead atoms. The van der Waals surface area contributed by atoms with Crippen molar-refractivity contribution in [2.45, 2.75) is 32.9 Å². The van der Waals surface area contributed by atoms with Crippen molar-refractivity contribution in [1.29, 1.82) is 0 Å². The highest BCUT2D eigenvalue weighted by Crippen LogP contribution is 2.21. The number of ether oxygens (including phenoxy) is 1. The molecule has 0 aromatic heterocycles. The second kappa shape index (κ2) is 3.13. The number of aliphatic imine (C=N–C) groups is 1. The molecule has 0 N–H and O–H groups in total. The van der Waals surface area contributed by atoms with Crippen LogP contribution in [0.5, 0.6) is 0 Å². The lowest BCUT2D eigenvalue weighted by molar-refractivity contribution is 0.223. The van der Waals surface area contributed by atoms with Crippen LogP contribution in [-0.4, -0.2) is 18.0 Å². The minimum atomic E-state index is 0.106. The van der Waals surface area contributed by atoms with E-state index >= 15 is 0 Å². The van der Waals surface area contributed by atoms with Gasteiger partial charge in [0.2, 0.25) is 5.90 Å². The number of hydrogen-bond acceptors (Lipinski definition) is 2. The summed E-state index contributed by atoms with van der Waals surface area (Å²) in [5.41, 5.74) is 1.92. The molecule has 2 heteroatoms. The van der Waals surface area contributed by atoms with Crippen LogP contribution in [0.25, 0.3) is 0 Å². The van der Waals surface area contributed by atoms with Gasteiger partial charge < -0.3 is 4.74 Å². The van der Waals surface area contributed by atoms with Crippen molar-refractivity contribution >= 4 is 5.90 Å². The second-order valence-electron chi connectivity index (χ2n) is 3.33. The van der Waals surface area contributed by atoms with Gasteiger partial charge in [0.15, 0.2) is 0 Å². The Hall–Kier alpha value is -1.05. The smallest absolute Gasteiger partial charge is 0.212 e. The van der Waals surface area contributed by atoms with Crippen LogP contribution >= 0.6 is 0 Å². The van der Waals surface area contributed by atoms with Crippen molar-refractivity contribution in [1.82, 2.24) is 0 Å². The van der Waals surface area contributed by atoms with Crippen molar-refractivity contribution in [2.24, 2.45) is 4.99 Å². The highest BCUT2D eigenvalue weighted by molar-refractivity contribution is 5.93. The molecular weight excluding hydrogens is 150 g/mol. The maximum absolute atomic E-state index is 5.49. The Kier molecular flexibility index (Phi) is 2.36. The third-order valence-electron chi connectivity index (χ3n) is 1.87. The summed E-state index contributed by atoms with van der Waals surface area (Å²) < 4.78 is 5.49. The summed E-state index contributed by atoms with van der Waals surface area (Å²) in [5.74, 6) is 0.676. The van der Waals surface area contributed by atoms with Gasteiger partial charge in [-0.05, 0) is 20.8 Å². The van der Waals surface area contributed by atoms with Gasteiger partial charge in [-0.25, -0.2) is 4.99 Å². The Morgan fingerprint density at radius 3 is 2.25 bits per heavy atom. The molecule has 2 atom stereocenters. The van der Waals surface area contributed by atoms with Crippen LogP contribution in [0, 0.1) is 0 Å². The van der Waals surface area contributed by atoms with Crippen molar-refractivity contribution in [3.05, 3.63) is 24.3 Å². The fourth-order valence-electron chi connectivity index (χ4n) is 1.22. The molecule has 1 aliphatic heterocycles. The van der Waals surface area contributed by atoms with Crippen LogP contribution in [0.2, 0.25) is 0 Å². The van der Waals surface area contributed by atoms with Crippen molar-refractivity contribution in [3.63, 3.8) is 0 Å². The summed E-state index contributed by atoms with van der Waals surface area (Å²) >= 11 is 0. The molecule has 1 aliphatic rings. The molecule has 1 rings (SSSR count). The minimum Gasteiger partial charge on any atom is -0.472 e. The van der Waals surface area contributed by atoms with Crippen LogP contribution in [0.15, 0.2) is 29.3 Å². The monoisotopic (exact) mass is 165 g/mol. The van der Waals surface area contributed by atoms with E-state index < -0.39 is 0 Å². The van der Waals surface area contributed by atoms with E-state index in [1.807, 2.05) is 20.8 Å². The highest BCUT2D eigenvalue weighted by atomic mass is 16.5. The molecule has 2 unspecified atom stereocenters. The lowest BCUT2D eigenvalue weighted by Crippen LogP contribution is -2.19. The first-order chi connectivity index (χ1) is 5.52. The Morgan fingerprint density at radius 1 is 1.42 bits per heavy atom. The van der Waals surface area contributed by atoms with Crippen LogP contribution in [-0.2, 0) is 4.74 Å². The topological polar surface area (TPSA) is 21.6 Å². The number of nitrogens with zero attached hydrogens (tertiary/aromatic N) is 1. The largest absolute Gasteiger partial charge is 0.472 e. The van der Waals surface area contributed by atoms with E-state index in [0.29, 0.717) is 5.90 Å². The van der Waals surface area contributed by atoms with Crippen LogP contribution in [0.4, 0.5) is 0 Å². The zero-order valence-electron chi connectivity index (χ0n) is 7.92. The Morgan fingerprint density at radius 2 is 2.00 bits per heavy atom. The van der Waals surface area contributed by atoms with E-state index in [0.717, 1.165) is 11.1 Å². The van der Waals surface area contributed by atoms with E-state index in [-0.39, 0.29) is 12.1 Å². The summed E-state index contributed by atoms with van der Waals surface area (Å²) in [6.07, 6.45) is 0.106. The molecule has 66 valence electrons. The number of rotatable bonds is 2. The van der Waals surface area contributed by atoms with Crippen molar-refractivity contribution < 1.29 is 4.74 Å². The second-order valence-corrected chi connectivity index (χ2v) is 3.33. The molecule has 0 aromatic rings. The molecule has 0 radical (unpaired) electrons. The van der Waals surface area contributed by atoms with Gasteiger partial charge in [0.1, 0.15) is 12.1 Å². The quantitative estimate of drug-likeness (QED) is 0.575. The first kappa shape index (κ1) is 9.04. The van der Waals surface area contributed by atoms with E-state index in [1.165, 1.54) is 0 Å². The summed E-state index contributed by atoms with van der Waals surface area (Å²) in [7, 11) is 0. The van der Waals surface area contributed by atoms with E-state index in [1.54, 1.807) is 0 Å². The summed E-state index contributed by atoms with van der Waals surface area (Å²) in [5, 5.41) is 0. The zero-order chi connectivity index (χ0) is 9.30. The third-order valence-corrected chi connectivity index (χ3v) is 1.87. The molecule has 0 aromatic carbocycles. The van der Waals surface area contributed by atoms with E-state index in [4.69, 9.17) is 4.74 Å². The van der Waals surface area contributed by atoms with Crippen LogP contribution in [0.1, 0.15) is 20.8 Å². The zero-order valence-corrected chi connectivity index (χ0v) is 7.92. The van der Waals surface area contributed by atoms with Gasteiger partial charge in [0.25, 0.3) is 0 Å². The molecule has 1 heterocycles. The van der Waals surface area contributed by atoms with Gasteiger partial charge in [-0.15, -0.1) is 0 Å². The molecule has 0 aliphatic carbocycles. The maximum atomic E-state index is 5.49. The SMILES string of the molecule is C=C(C)C1=NC(C(=C)C)C(C)O1. The minimum absolute atomic E-state index is 0.106. The lowest BCUT2D eigenvalue weighted by atomic mass is 10.1. The summed E-state index contributed by atoms with van der Waals surface area (Å²) in [6.45, 7) is 13.5. The van der Waals surface area contributed by atoms with E-state index in [2.05, 4.69) is 18.2 Å². The Balaban J connectivity index is 2.80. The van der Waals surface area contributed by atoms with Gasteiger partial charge in [-0.1, -0.05) is 18.7 Å². The molecule has 0 fully saturated rings. The van der Waals surface area contributed by atoms with E-state index in [9.17, 15) is 0 Å². The summed E-state index contributed by atoms with van der Waals surface area (Å²) in [6, 6.07) is 0.108. The normalized spacial score (nSPS) is 27.8. The van der Waals surface area contributed by atoms with Gasteiger partial charge in [0.05, 0.1) is 0 Å². The Labute approximate surface area is 73.6 Å². The fourth-order valence-corrected chi connectivity index (χ4v) is 1.22. The predicted octanol–water partition coefficient (Wildman–Crippen LogP) is 2.32. The summed E-state index contributed by atoms with van der Waals surface area (Å²) in [4.78, 5) is 4.36. The van der Waals surface area contributed by atoms with Crippen molar-refractivity contribution in [3.8, 4) is 0 Å². The molecular formula is C10H15NO. The Bertz CT molecular complexity index is 253. The molecule has 0 spiro atoms. The standard InChI is InChI=1S/C10H15NO/c1-6(2)9-8(5)12-10(11-9)7(3)4/h8-9H,1,3H2,2,4-5H3. The predicted molar refractivity (Wildman–Crippen MR) is 51.4 cm³/mol. The van der Waals surface area contributed by atoms with Gasteiger partial charge >= 0.3 is 0 Å². The molecule has 0 amide bonds. The highest BCUT2D eigenvalue weighted by Gasteiger charge is 2.27. The lowest BCUT2D eigenvalue weighted by Gasteiger charge is -2.11. The molecule has 0 saturated carbocycles. The molecule has 0 saturated heterocycles. The van der Waals surface area contributed by atoms with Gasteiger partial charge in [-0.2, -0.15) is 0 Å². The molecule has 2 nitrogen and oxygen atoms in total.